The van der Waals surface area contributed by atoms with Crippen molar-refractivity contribution in [1.82, 2.24) is 9.62 Å². The summed E-state index contributed by atoms with van der Waals surface area (Å²) in [5.41, 5.74) is 0.973. The summed E-state index contributed by atoms with van der Waals surface area (Å²) in [5.74, 6) is 1.04. The maximum absolute atomic E-state index is 13.2. The smallest absolute Gasteiger partial charge is 0.240 e. The summed E-state index contributed by atoms with van der Waals surface area (Å²) in [6.45, 7) is 3.10. The van der Waals surface area contributed by atoms with Crippen molar-refractivity contribution < 1.29 is 22.0 Å². The van der Waals surface area contributed by atoms with Crippen LogP contribution in [-0.2, 0) is 10.0 Å². The summed E-state index contributed by atoms with van der Waals surface area (Å²) < 4.78 is 52.3. The van der Waals surface area contributed by atoms with Crippen LogP contribution in [-0.4, -0.2) is 53.2 Å². The van der Waals surface area contributed by atoms with Crippen LogP contribution >= 0.6 is 0 Å². The van der Waals surface area contributed by atoms with Crippen molar-refractivity contribution in [2.75, 3.05) is 44.7 Å². The molecular weight excluding hydrogens is 433 g/mol. The molecule has 3 aromatic rings. The quantitative estimate of drug-likeness (QED) is 0.557. The van der Waals surface area contributed by atoms with Gasteiger partial charge in [0.05, 0.1) is 24.3 Å². The lowest BCUT2D eigenvalue weighted by molar-refractivity contribution is 0.166. The highest BCUT2D eigenvalue weighted by Gasteiger charge is 2.28. The van der Waals surface area contributed by atoms with Crippen LogP contribution in [0.4, 0.5) is 10.1 Å². The van der Waals surface area contributed by atoms with E-state index in [1.807, 2.05) is 6.07 Å². The summed E-state index contributed by atoms with van der Waals surface area (Å²) in [5, 5.41) is 0. The van der Waals surface area contributed by atoms with Gasteiger partial charge in [0, 0.05) is 38.4 Å². The Balaban J connectivity index is 1.43. The van der Waals surface area contributed by atoms with Crippen molar-refractivity contribution in [2.24, 2.45) is 0 Å². The summed E-state index contributed by atoms with van der Waals surface area (Å²) in [4.78, 5) is 4.57. The number of rotatable bonds is 8. The maximum Gasteiger partial charge on any atom is 0.240 e. The average molecular weight is 460 g/mol. The highest BCUT2D eigenvalue weighted by Crippen LogP contribution is 2.25. The molecule has 1 aromatic heterocycles. The van der Waals surface area contributed by atoms with E-state index in [0.717, 1.165) is 18.8 Å². The maximum atomic E-state index is 13.2. The monoisotopic (exact) mass is 459 g/mol. The lowest BCUT2D eigenvalue weighted by Gasteiger charge is -2.39. The van der Waals surface area contributed by atoms with E-state index < -0.39 is 10.0 Å². The number of piperazine rings is 1. The van der Waals surface area contributed by atoms with Gasteiger partial charge >= 0.3 is 0 Å². The molecule has 32 heavy (non-hydrogen) atoms. The molecule has 0 saturated carbocycles. The van der Waals surface area contributed by atoms with E-state index in [4.69, 9.17) is 9.15 Å². The lowest BCUT2D eigenvalue weighted by atomic mass is 10.1. The standard InChI is InChI=1S/C23H26FN3O4S/c1-30-20-8-10-21(11-9-20)32(28,29)25-17-22(23-3-2-16-31-23)27-14-12-26(13-15-27)19-6-4-18(24)5-7-19/h2-11,16,22,25H,12-15,17H2,1H3/t22-/m1/s1. The van der Waals surface area contributed by atoms with Crippen LogP contribution in [0.1, 0.15) is 11.8 Å². The fourth-order valence-electron chi connectivity index (χ4n) is 3.86. The van der Waals surface area contributed by atoms with E-state index in [1.165, 1.54) is 31.4 Å². The van der Waals surface area contributed by atoms with E-state index in [2.05, 4.69) is 14.5 Å². The first-order valence-electron chi connectivity index (χ1n) is 10.4. The predicted molar refractivity (Wildman–Crippen MR) is 120 cm³/mol. The minimum atomic E-state index is -3.69. The van der Waals surface area contributed by atoms with E-state index in [9.17, 15) is 12.8 Å². The third-order valence-electron chi connectivity index (χ3n) is 5.65. The Bertz CT molecular complexity index is 1100. The van der Waals surface area contributed by atoms with Crippen LogP contribution in [0.2, 0.25) is 0 Å². The minimum Gasteiger partial charge on any atom is -0.497 e. The second-order valence-electron chi connectivity index (χ2n) is 7.56. The van der Waals surface area contributed by atoms with Gasteiger partial charge in [-0.05, 0) is 60.7 Å². The zero-order valence-corrected chi connectivity index (χ0v) is 18.6. The molecule has 1 saturated heterocycles. The lowest BCUT2D eigenvalue weighted by Crippen LogP contribution is -2.49. The number of anilines is 1. The van der Waals surface area contributed by atoms with Gasteiger partial charge in [-0.3, -0.25) is 4.90 Å². The molecule has 9 heteroatoms. The molecule has 7 nitrogen and oxygen atoms in total. The number of methoxy groups -OCH3 is 1. The first kappa shape index (κ1) is 22.3. The SMILES string of the molecule is COc1ccc(S(=O)(=O)NC[C@H](c2ccco2)N2CCN(c3ccc(F)cc3)CC2)cc1. The van der Waals surface area contributed by atoms with Gasteiger partial charge < -0.3 is 14.1 Å². The van der Waals surface area contributed by atoms with Crippen molar-refractivity contribution >= 4 is 15.7 Å². The fourth-order valence-corrected chi connectivity index (χ4v) is 4.90. The molecule has 1 aliphatic heterocycles. The van der Waals surface area contributed by atoms with Gasteiger partial charge in [-0.2, -0.15) is 0 Å². The number of nitrogens with zero attached hydrogens (tertiary/aromatic N) is 2. The van der Waals surface area contributed by atoms with Gasteiger partial charge in [-0.1, -0.05) is 0 Å². The number of nitrogens with one attached hydrogen (secondary N) is 1. The Labute approximate surface area is 187 Å². The molecule has 2 heterocycles. The molecule has 0 aliphatic carbocycles. The van der Waals surface area contributed by atoms with E-state index in [-0.39, 0.29) is 23.3 Å². The highest BCUT2D eigenvalue weighted by atomic mass is 32.2. The third kappa shape index (κ3) is 5.12. The molecule has 0 spiro atoms. The van der Waals surface area contributed by atoms with Crippen LogP contribution in [0.3, 0.4) is 0 Å². The predicted octanol–water partition coefficient (Wildman–Crippen LogP) is 3.27. The molecule has 0 radical (unpaired) electrons. The molecule has 170 valence electrons. The first-order chi connectivity index (χ1) is 15.5. The minimum absolute atomic E-state index is 0.178. The van der Waals surface area contributed by atoms with Crippen molar-refractivity contribution in [3.05, 3.63) is 78.5 Å². The second kappa shape index (κ2) is 9.72. The molecule has 2 aromatic carbocycles. The van der Waals surface area contributed by atoms with E-state index in [1.54, 1.807) is 36.6 Å². The average Bonchev–Trinajstić information content (AvgIpc) is 3.35. The molecule has 1 aliphatic rings. The Morgan fingerprint density at radius 1 is 1.03 bits per heavy atom. The third-order valence-corrected chi connectivity index (χ3v) is 7.09. The van der Waals surface area contributed by atoms with Crippen LogP contribution in [0.15, 0.2) is 76.2 Å². The summed E-state index contributed by atoms with van der Waals surface area (Å²) >= 11 is 0. The zero-order chi connectivity index (χ0) is 22.6. The number of furan rings is 1. The Kier molecular flexibility index (Phi) is 6.78. The van der Waals surface area contributed by atoms with Crippen molar-refractivity contribution in [1.29, 1.82) is 0 Å². The van der Waals surface area contributed by atoms with E-state index in [0.29, 0.717) is 24.6 Å². The van der Waals surface area contributed by atoms with Crippen LogP contribution < -0.4 is 14.4 Å². The molecule has 0 unspecified atom stereocenters. The van der Waals surface area contributed by atoms with Crippen LogP contribution in [0.25, 0.3) is 0 Å². The number of halogens is 1. The van der Waals surface area contributed by atoms with Gasteiger partial charge in [0.1, 0.15) is 17.3 Å². The van der Waals surface area contributed by atoms with Crippen molar-refractivity contribution in [2.45, 2.75) is 10.9 Å². The Morgan fingerprint density at radius 3 is 2.31 bits per heavy atom. The molecular formula is C23H26FN3O4S. The number of hydrogen-bond acceptors (Lipinski definition) is 6. The summed E-state index contributed by atoms with van der Waals surface area (Å²) in [6.07, 6.45) is 1.59. The topological polar surface area (TPSA) is 75.0 Å². The van der Waals surface area contributed by atoms with Gasteiger partial charge in [0.25, 0.3) is 0 Å². The van der Waals surface area contributed by atoms with Gasteiger partial charge in [-0.15, -0.1) is 0 Å². The number of ether oxygens (including phenoxy) is 1. The van der Waals surface area contributed by atoms with Gasteiger partial charge in [-0.25, -0.2) is 17.5 Å². The van der Waals surface area contributed by atoms with Crippen LogP contribution in [0, 0.1) is 5.82 Å². The molecule has 4 rings (SSSR count). The molecule has 1 atom stereocenters. The van der Waals surface area contributed by atoms with Crippen molar-refractivity contribution in [3.63, 3.8) is 0 Å². The molecule has 0 amide bonds. The summed E-state index contributed by atoms with van der Waals surface area (Å²) in [6, 6.07) is 16.2. The molecule has 1 fully saturated rings. The summed E-state index contributed by atoms with van der Waals surface area (Å²) in [7, 11) is -2.15. The fraction of sp³-hybridized carbons (Fsp3) is 0.304. The normalized spacial score (nSPS) is 16.1. The molecule has 1 N–H and O–H groups in total. The van der Waals surface area contributed by atoms with Gasteiger partial charge in [0.2, 0.25) is 10.0 Å². The molecule has 0 bridgehead atoms. The Morgan fingerprint density at radius 2 is 1.72 bits per heavy atom. The van der Waals surface area contributed by atoms with Crippen LogP contribution in [0.5, 0.6) is 5.75 Å². The van der Waals surface area contributed by atoms with E-state index >= 15 is 0 Å². The number of benzene rings is 2. The first-order valence-corrected chi connectivity index (χ1v) is 11.9. The largest absolute Gasteiger partial charge is 0.497 e. The zero-order valence-electron chi connectivity index (χ0n) is 17.8. The Hall–Kier alpha value is -2.88. The highest BCUT2D eigenvalue weighted by molar-refractivity contribution is 7.89. The van der Waals surface area contributed by atoms with Gasteiger partial charge in [0.15, 0.2) is 0 Å². The van der Waals surface area contributed by atoms with Crippen molar-refractivity contribution in [3.8, 4) is 5.75 Å². The second-order valence-corrected chi connectivity index (χ2v) is 9.33. The number of sulfonamides is 1. The number of hydrogen-bond donors (Lipinski definition) is 1.